The second-order valence-electron chi connectivity index (χ2n) is 3.28. The zero-order valence-electron chi connectivity index (χ0n) is 8.39. The van der Waals surface area contributed by atoms with E-state index in [0.717, 1.165) is 12.8 Å². The number of rotatable bonds is 7. The molecule has 0 heterocycles. The Bertz CT molecular complexity index is 240. The maximum absolute atomic E-state index is 11.3. The summed E-state index contributed by atoms with van der Waals surface area (Å²) < 4.78 is 0. The van der Waals surface area contributed by atoms with Gasteiger partial charge in [0.25, 0.3) is 0 Å². The fourth-order valence-corrected chi connectivity index (χ4v) is 2.44. The molecule has 0 saturated carbocycles. The van der Waals surface area contributed by atoms with Gasteiger partial charge in [0.2, 0.25) is 15.3 Å². The third kappa shape index (κ3) is 3.53. The third-order valence-corrected chi connectivity index (χ3v) is 3.40. The molecule has 0 N–H and O–H groups in total. The van der Waals surface area contributed by atoms with Crippen molar-refractivity contribution < 1.29 is 14.4 Å². The van der Waals surface area contributed by atoms with Crippen molar-refractivity contribution in [3.05, 3.63) is 0 Å². The lowest BCUT2D eigenvalue weighted by molar-refractivity contribution is -0.137. The standard InChI is InChI=1S/C9H14O3S3/c1-2-3-4-5-9(6(10)13,7(11)14)8(12)15/h2-5H2,1H3,(H,10,13)(H,11,14)(H,12,15). The number of unbranched alkanes of at least 4 members (excludes halogenated alkanes) is 2. The van der Waals surface area contributed by atoms with Crippen molar-refractivity contribution in [1.29, 1.82) is 0 Å². The van der Waals surface area contributed by atoms with E-state index in [0.29, 0.717) is 6.42 Å². The van der Waals surface area contributed by atoms with Crippen molar-refractivity contribution in [2.45, 2.75) is 32.6 Å². The summed E-state index contributed by atoms with van der Waals surface area (Å²) in [6.45, 7) is 1.98. The number of hydrogen-bond acceptors (Lipinski definition) is 3. The second-order valence-corrected chi connectivity index (χ2v) is 4.50. The monoisotopic (exact) mass is 266 g/mol. The summed E-state index contributed by atoms with van der Waals surface area (Å²) in [7, 11) is 0. The molecule has 3 nitrogen and oxygen atoms in total. The summed E-state index contributed by atoms with van der Waals surface area (Å²) >= 11 is 10.7. The molecular formula is C9H14O3S3. The van der Waals surface area contributed by atoms with Crippen LogP contribution in [0.2, 0.25) is 0 Å². The second kappa shape index (κ2) is 6.60. The van der Waals surface area contributed by atoms with Gasteiger partial charge < -0.3 is 0 Å². The molecule has 15 heavy (non-hydrogen) atoms. The number of carbonyl (C=O) groups is 3. The lowest BCUT2D eigenvalue weighted by Gasteiger charge is -2.22. The first kappa shape index (κ1) is 15.1. The minimum absolute atomic E-state index is 0.133. The van der Waals surface area contributed by atoms with Crippen LogP contribution in [0.3, 0.4) is 0 Å². The molecule has 0 aromatic carbocycles. The molecule has 86 valence electrons. The van der Waals surface area contributed by atoms with E-state index in [2.05, 4.69) is 37.9 Å². The minimum atomic E-state index is -1.77. The van der Waals surface area contributed by atoms with Crippen LogP contribution in [0.5, 0.6) is 0 Å². The van der Waals surface area contributed by atoms with Crippen molar-refractivity contribution in [2.75, 3.05) is 0 Å². The molecule has 6 heteroatoms. The van der Waals surface area contributed by atoms with Gasteiger partial charge in [-0.05, 0) is 6.42 Å². The van der Waals surface area contributed by atoms with Crippen LogP contribution in [0.25, 0.3) is 0 Å². The van der Waals surface area contributed by atoms with E-state index in [1.807, 2.05) is 6.92 Å². The van der Waals surface area contributed by atoms with Gasteiger partial charge in [-0.15, -0.1) is 37.9 Å². The Morgan fingerprint density at radius 3 is 1.60 bits per heavy atom. The molecule has 0 amide bonds. The van der Waals surface area contributed by atoms with Gasteiger partial charge in [0.15, 0.2) is 5.41 Å². The SMILES string of the molecule is CCCCCC(C(=O)S)(C(=O)S)C(=O)S. The smallest absolute Gasteiger partial charge is 0.208 e. The Morgan fingerprint density at radius 1 is 0.933 bits per heavy atom. The highest BCUT2D eigenvalue weighted by atomic mass is 32.1. The average Bonchev–Trinajstić information content (AvgIpc) is 2.10. The molecule has 0 fully saturated rings. The molecule has 0 rings (SSSR count). The molecule has 0 spiro atoms. The maximum Gasteiger partial charge on any atom is 0.208 e. The van der Waals surface area contributed by atoms with Gasteiger partial charge in [0, 0.05) is 0 Å². The van der Waals surface area contributed by atoms with E-state index in [9.17, 15) is 14.4 Å². The van der Waals surface area contributed by atoms with E-state index in [1.54, 1.807) is 0 Å². The zero-order chi connectivity index (χ0) is 12.1. The fourth-order valence-electron chi connectivity index (χ4n) is 1.24. The van der Waals surface area contributed by atoms with E-state index in [4.69, 9.17) is 0 Å². The minimum Gasteiger partial charge on any atom is -0.286 e. The summed E-state index contributed by atoms with van der Waals surface area (Å²) in [6.07, 6.45) is 2.50. The summed E-state index contributed by atoms with van der Waals surface area (Å²) in [5.41, 5.74) is -1.77. The predicted octanol–water partition coefficient (Wildman–Crippen LogP) is 1.92. The molecule has 0 aliphatic heterocycles. The number of thiol groups is 3. The molecule has 0 atom stereocenters. The molecule has 0 aliphatic rings. The molecule has 0 aliphatic carbocycles. The third-order valence-electron chi connectivity index (χ3n) is 2.25. The molecule has 0 aromatic heterocycles. The molecular weight excluding hydrogens is 252 g/mol. The van der Waals surface area contributed by atoms with Gasteiger partial charge in [0.1, 0.15) is 0 Å². The van der Waals surface area contributed by atoms with Crippen LogP contribution in [-0.2, 0) is 14.4 Å². The van der Waals surface area contributed by atoms with Gasteiger partial charge in [-0.1, -0.05) is 26.2 Å². The highest BCUT2D eigenvalue weighted by Gasteiger charge is 2.47. The Balaban J connectivity index is 4.90. The molecule has 0 aromatic rings. The fraction of sp³-hybridized carbons (Fsp3) is 0.667. The van der Waals surface area contributed by atoms with Crippen molar-refractivity contribution in [1.82, 2.24) is 0 Å². The first-order valence-corrected chi connectivity index (χ1v) is 5.94. The first-order valence-electron chi connectivity index (χ1n) is 4.59. The Kier molecular flexibility index (Phi) is 6.63. The van der Waals surface area contributed by atoms with Gasteiger partial charge >= 0.3 is 0 Å². The van der Waals surface area contributed by atoms with Crippen LogP contribution < -0.4 is 0 Å². The highest BCUT2D eigenvalue weighted by molar-refractivity contribution is 8.01. The van der Waals surface area contributed by atoms with E-state index < -0.39 is 20.8 Å². The molecule has 0 bridgehead atoms. The lowest BCUT2D eigenvalue weighted by Crippen LogP contribution is -2.40. The van der Waals surface area contributed by atoms with Gasteiger partial charge in [-0.2, -0.15) is 0 Å². The van der Waals surface area contributed by atoms with Crippen molar-refractivity contribution in [3.8, 4) is 0 Å². The summed E-state index contributed by atoms with van der Waals surface area (Å²) in [5.74, 6) is 0. The summed E-state index contributed by atoms with van der Waals surface area (Å²) in [6, 6.07) is 0. The van der Waals surface area contributed by atoms with E-state index in [-0.39, 0.29) is 6.42 Å². The normalized spacial score (nSPS) is 11.2. The highest BCUT2D eigenvalue weighted by Crippen LogP contribution is 2.33. The lowest BCUT2D eigenvalue weighted by atomic mass is 9.86. The maximum atomic E-state index is 11.3. The zero-order valence-corrected chi connectivity index (χ0v) is 11.1. The molecule has 0 saturated heterocycles. The van der Waals surface area contributed by atoms with Crippen molar-refractivity contribution in [3.63, 3.8) is 0 Å². The number of carbonyl (C=O) groups excluding carboxylic acids is 3. The van der Waals surface area contributed by atoms with Crippen LogP contribution in [0.15, 0.2) is 0 Å². The van der Waals surface area contributed by atoms with Crippen LogP contribution in [0.4, 0.5) is 0 Å². The van der Waals surface area contributed by atoms with E-state index in [1.165, 1.54) is 0 Å². The van der Waals surface area contributed by atoms with Crippen molar-refractivity contribution in [2.24, 2.45) is 5.41 Å². The number of hydrogen-bond donors (Lipinski definition) is 3. The van der Waals surface area contributed by atoms with E-state index >= 15 is 0 Å². The van der Waals surface area contributed by atoms with Crippen LogP contribution in [0.1, 0.15) is 32.6 Å². The Labute approximate surface area is 106 Å². The topological polar surface area (TPSA) is 51.2 Å². The van der Waals surface area contributed by atoms with Gasteiger partial charge in [0.05, 0.1) is 0 Å². The Morgan fingerprint density at radius 2 is 1.33 bits per heavy atom. The largest absolute Gasteiger partial charge is 0.286 e. The molecule has 0 radical (unpaired) electrons. The average molecular weight is 266 g/mol. The predicted molar refractivity (Wildman–Crippen MR) is 68.6 cm³/mol. The molecule has 0 unspecified atom stereocenters. The van der Waals surface area contributed by atoms with Gasteiger partial charge in [-0.3, -0.25) is 14.4 Å². The first-order chi connectivity index (χ1) is 6.89. The van der Waals surface area contributed by atoms with Gasteiger partial charge in [-0.25, -0.2) is 0 Å². The quantitative estimate of drug-likeness (QED) is 0.375. The van der Waals surface area contributed by atoms with Crippen LogP contribution in [-0.4, -0.2) is 15.3 Å². The summed E-state index contributed by atoms with van der Waals surface area (Å²) in [5, 5.41) is -2.34. The summed E-state index contributed by atoms with van der Waals surface area (Å²) in [4.78, 5) is 33.8. The van der Waals surface area contributed by atoms with Crippen LogP contribution >= 0.6 is 37.9 Å². The van der Waals surface area contributed by atoms with Crippen LogP contribution in [0, 0.1) is 5.41 Å². The van der Waals surface area contributed by atoms with Crippen molar-refractivity contribution >= 4 is 53.2 Å². The Hall–Kier alpha value is 0.0600.